The fourth-order valence-corrected chi connectivity index (χ4v) is 3.66. The van der Waals surface area contributed by atoms with Crippen LogP contribution in [0.3, 0.4) is 0 Å². The molecule has 8 heteroatoms. The Labute approximate surface area is 186 Å². The fraction of sp³-hybridized carbons (Fsp3) is 0.391. The molecule has 1 aliphatic heterocycles. The topological polar surface area (TPSA) is 39.7 Å². The summed E-state index contributed by atoms with van der Waals surface area (Å²) >= 11 is 5.45. The lowest BCUT2D eigenvalue weighted by molar-refractivity contribution is -0.137. The standard InChI is InChI=1S/C23H27F3N4S/c1-16(2)6-3-7-17-8-4-10-19(14-17)28-21-27-12-13-30(21)22(31)29-20-11-5-9-18(15-20)23(24,25)26/h4-5,8-11,14-16H,3,6-7,12-13H2,1-2H3,(H,27,28)(H,29,31). The van der Waals surface area contributed by atoms with Gasteiger partial charge in [-0.3, -0.25) is 9.89 Å². The van der Waals surface area contributed by atoms with E-state index in [0.29, 0.717) is 35.8 Å². The van der Waals surface area contributed by atoms with Gasteiger partial charge in [0.05, 0.1) is 12.1 Å². The van der Waals surface area contributed by atoms with Crippen LogP contribution in [-0.4, -0.2) is 29.1 Å². The van der Waals surface area contributed by atoms with Gasteiger partial charge in [-0.15, -0.1) is 0 Å². The highest BCUT2D eigenvalue weighted by Crippen LogP contribution is 2.30. The number of halogens is 3. The predicted octanol–water partition coefficient (Wildman–Crippen LogP) is 6.16. The molecule has 1 aliphatic rings. The van der Waals surface area contributed by atoms with Crippen LogP contribution in [0.15, 0.2) is 53.5 Å². The highest BCUT2D eigenvalue weighted by molar-refractivity contribution is 7.80. The molecular formula is C23H27F3N4S. The Morgan fingerprint density at radius 3 is 2.61 bits per heavy atom. The van der Waals surface area contributed by atoms with Gasteiger partial charge in [-0.1, -0.05) is 38.5 Å². The second-order valence-corrected chi connectivity index (χ2v) is 8.36. The number of thiocarbonyl (C=S) groups is 1. The minimum absolute atomic E-state index is 0.290. The zero-order valence-electron chi connectivity index (χ0n) is 17.7. The van der Waals surface area contributed by atoms with Gasteiger partial charge in [0, 0.05) is 17.9 Å². The molecule has 1 heterocycles. The van der Waals surface area contributed by atoms with E-state index in [4.69, 9.17) is 12.2 Å². The Bertz CT molecular complexity index is 940. The van der Waals surface area contributed by atoms with Crippen LogP contribution in [-0.2, 0) is 12.6 Å². The van der Waals surface area contributed by atoms with Gasteiger partial charge in [0.25, 0.3) is 0 Å². The van der Waals surface area contributed by atoms with Crippen molar-refractivity contribution in [2.45, 2.75) is 39.3 Å². The predicted molar refractivity (Wildman–Crippen MR) is 125 cm³/mol. The maximum absolute atomic E-state index is 13.0. The average Bonchev–Trinajstić information content (AvgIpc) is 3.16. The Kier molecular flexibility index (Phi) is 7.54. The van der Waals surface area contributed by atoms with Crippen molar-refractivity contribution >= 4 is 34.7 Å². The number of benzene rings is 2. The number of aliphatic imine (C=N–C) groups is 1. The molecule has 2 aromatic carbocycles. The van der Waals surface area contributed by atoms with E-state index in [1.54, 1.807) is 11.0 Å². The molecule has 166 valence electrons. The quantitative estimate of drug-likeness (QED) is 0.519. The summed E-state index contributed by atoms with van der Waals surface area (Å²) in [7, 11) is 0. The molecule has 2 aromatic rings. The lowest BCUT2D eigenvalue weighted by Crippen LogP contribution is -2.41. The molecule has 0 fully saturated rings. The number of alkyl halides is 3. The van der Waals surface area contributed by atoms with Gasteiger partial charge in [0.15, 0.2) is 5.11 Å². The summed E-state index contributed by atoms with van der Waals surface area (Å²) < 4.78 is 38.9. The molecule has 0 spiro atoms. The first-order valence-corrected chi connectivity index (χ1v) is 10.8. The van der Waals surface area contributed by atoms with Crippen molar-refractivity contribution in [2.24, 2.45) is 10.9 Å². The van der Waals surface area contributed by atoms with Gasteiger partial charge in [0.1, 0.15) is 0 Å². The normalized spacial score (nSPS) is 14.0. The number of hydrogen-bond donors (Lipinski definition) is 2. The van der Waals surface area contributed by atoms with Crippen molar-refractivity contribution < 1.29 is 13.2 Å². The van der Waals surface area contributed by atoms with E-state index in [9.17, 15) is 13.2 Å². The van der Waals surface area contributed by atoms with Gasteiger partial charge in [-0.2, -0.15) is 13.2 Å². The minimum atomic E-state index is -4.40. The van der Waals surface area contributed by atoms with E-state index < -0.39 is 11.7 Å². The van der Waals surface area contributed by atoms with Crippen LogP contribution in [0.2, 0.25) is 0 Å². The molecule has 31 heavy (non-hydrogen) atoms. The molecule has 0 aliphatic carbocycles. The lowest BCUT2D eigenvalue weighted by Gasteiger charge is -2.23. The highest BCUT2D eigenvalue weighted by atomic mass is 32.1. The van der Waals surface area contributed by atoms with Crippen molar-refractivity contribution in [1.82, 2.24) is 4.90 Å². The summed E-state index contributed by atoms with van der Waals surface area (Å²) in [5.41, 5.74) is 1.73. The summed E-state index contributed by atoms with van der Waals surface area (Å²) in [4.78, 5) is 6.24. The van der Waals surface area contributed by atoms with Crippen LogP contribution in [0.4, 0.5) is 24.5 Å². The van der Waals surface area contributed by atoms with E-state index in [1.807, 2.05) is 12.1 Å². The maximum atomic E-state index is 13.0. The van der Waals surface area contributed by atoms with Crippen molar-refractivity contribution in [3.63, 3.8) is 0 Å². The van der Waals surface area contributed by atoms with Crippen LogP contribution < -0.4 is 10.6 Å². The molecule has 2 N–H and O–H groups in total. The number of aryl methyl sites for hydroxylation is 1. The van der Waals surface area contributed by atoms with Crippen molar-refractivity contribution in [2.75, 3.05) is 23.7 Å². The third-order valence-electron chi connectivity index (χ3n) is 4.96. The summed E-state index contributed by atoms with van der Waals surface area (Å²) in [6, 6.07) is 13.2. The SMILES string of the molecule is CC(C)CCCc1cccc(NC2=NCCN2C(=S)Nc2cccc(C(F)(F)F)c2)c1. The number of hydrogen-bond acceptors (Lipinski definition) is 3. The molecule has 0 saturated carbocycles. The van der Waals surface area contributed by atoms with Crippen LogP contribution in [0.1, 0.15) is 37.8 Å². The van der Waals surface area contributed by atoms with Crippen LogP contribution >= 0.6 is 12.2 Å². The third kappa shape index (κ3) is 6.69. The highest BCUT2D eigenvalue weighted by Gasteiger charge is 2.30. The number of nitrogens with zero attached hydrogens (tertiary/aromatic N) is 2. The largest absolute Gasteiger partial charge is 0.416 e. The van der Waals surface area contributed by atoms with Crippen molar-refractivity contribution in [3.05, 3.63) is 59.7 Å². The van der Waals surface area contributed by atoms with Gasteiger partial charge in [-0.05, 0) is 66.9 Å². The second kappa shape index (κ2) is 10.1. The van der Waals surface area contributed by atoms with Crippen molar-refractivity contribution in [3.8, 4) is 0 Å². The molecule has 0 unspecified atom stereocenters. The number of rotatable bonds is 6. The second-order valence-electron chi connectivity index (χ2n) is 7.98. The molecule has 0 radical (unpaired) electrons. The molecule has 0 bridgehead atoms. The number of guanidine groups is 1. The van der Waals surface area contributed by atoms with Crippen LogP contribution in [0, 0.1) is 5.92 Å². The number of anilines is 2. The first-order valence-electron chi connectivity index (χ1n) is 10.4. The molecule has 3 rings (SSSR count). The van der Waals surface area contributed by atoms with Gasteiger partial charge in [-0.25, -0.2) is 0 Å². The van der Waals surface area contributed by atoms with E-state index in [0.717, 1.165) is 30.7 Å². The summed E-state index contributed by atoms with van der Waals surface area (Å²) in [6.45, 7) is 5.56. The fourth-order valence-electron chi connectivity index (χ4n) is 3.36. The smallest absolute Gasteiger partial charge is 0.332 e. The summed E-state index contributed by atoms with van der Waals surface area (Å²) in [5, 5.41) is 6.50. The Hall–Kier alpha value is -2.61. The molecule has 0 saturated heterocycles. The van der Waals surface area contributed by atoms with Crippen molar-refractivity contribution in [1.29, 1.82) is 0 Å². The van der Waals surface area contributed by atoms with E-state index >= 15 is 0 Å². The van der Waals surface area contributed by atoms with Gasteiger partial charge in [0.2, 0.25) is 5.96 Å². The summed E-state index contributed by atoms with van der Waals surface area (Å²) in [5.74, 6) is 1.27. The Morgan fingerprint density at radius 1 is 1.13 bits per heavy atom. The van der Waals surface area contributed by atoms with Gasteiger partial charge >= 0.3 is 6.18 Å². The van der Waals surface area contributed by atoms with E-state index in [-0.39, 0.29) is 0 Å². The summed E-state index contributed by atoms with van der Waals surface area (Å²) in [6.07, 6.45) is -1.06. The molecule has 0 atom stereocenters. The van der Waals surface area contributed by atoms with Crippen LogP contribution in [0.25, 0.3) is 0 Å². The first-order chi connectivity index (χ1) is 14.7. The molecule has 0 amide bonds. The third-order valence-corrected chi connectivity index (χ3v) is 5.28. The monoisotopic (exact) mass is 448 g/mol. The molecule has 4 nitrogen and oxygen atoms in total. The van der Waals surface area contributed by atoms with Crippen LogP contribution in [0.5, 0.6) is 0 Å². The molecular weight excluding hydrogens is 421 g/mol. The van der Waals surface area contributed by atoms with E-state index in [1.165, 1.54) is 18.1 Å². The van der Waals surface area contributed by atoms with E-state index in [2.05, 4.69) is 41.6 Å². The maximum Gasteiger partial charge on any atom is 0.416 e. The first kappa shape index (κ1) is 23.1. The zero-order valence-corrected chi connectivity index (χ0v) is 18.5. The lowest BCUT2D eigenvalue weighted by atomic mass is 10.0. The molecule has 0 aromatic heterocycles. The average molecular weight is 449 g/mol. The zero-order chi connectivity index (χ0) is 22.4. The van der Waals surface area contributed by atoms with Gasteiger partial charge < -0.3 is 10.6 Å². The minimum Gasteiger partial charge on any atom is -0.332 e. The Balaban J connectivity index is 1.63. The Morgan fingerprint density at radius 2 is 1.87 bits per heavy atom. The number of nitrogens with one attached hydrogen (secondary N) is 2.